The van der Waals surface area contributed by atoms with Crippen LogP contribution in [0.5, 0.6) is 0 Å². The predicted octanol–water partition coefficient (Wildman–Crippen LogP) is 1.31. The summed E-state index contributed by atoms with van der Waals surface area (Å²) in [5, 5.41) is 7.42. The zero-order chi connectivity index (χ0) is 12.3. The molecule has 0 saturated carbocycles. The van der Waals surface area contributed by atoms with Crippen molar-refractivity contribution in [2.24, 2.45) is 0 Å². The van der Waals surface area contributed by atoms with Gasteiger partial charge in [0.25, 0.3) is 10.1 Å². The van der Waals surface area contributed by atoms with Crippen LogP contribution in [0.25, 0.3) is 0 Å². The van der Waals surface area contributed by atoms with Gasteiger partial charge in [-0.15, -0.1) is 0 Å². The van der Waals surface area contributed by atoms with Crippen LogP contribution in [-0.4, -0.2) is 23.2 Å². The topological polar surface area (TPSA) is 80.2 Å². The van der Waals surface area contributed by atoms with Gasteiger partial charge in [0.15, 0.2) is 0 Å². The number of benzene rings is 1. The van der Waals surface area contributed by atoms with E-state index in [0.29, 0.717) is 6.42 Å². The summed E-state index contributed by atoms with van der Waals surface area (Å²) in [6.07, 6.45) is 3.89. The highest BCUT2D eigenvalue weighted by molar-refractivity contribution is 7.85. The zero-order valence-corrected chi connectivity index (χ0v) is 9.63. The monoisotopic (exact) mass is 250 g/mol. The third kappa shape index (κ3) is 3.08. The van der Waals surface area contributed by atoms with E-state index in [1.807, 2.05) is 6.07 Å². The number of hydrogen-bond acceptors (Lipinski definition) is 4. The molecule has 1 heterocycles. The summed E-state index contributed by atoms with van der Waals surface area (Å²) in [6.45, 7) is 0. The minimum Gasteiger partial charge on any atom is -0.282 e. The van der Waals surface area contributed by atoms with Crippen molar-refractivity contribution in [2.75, 3.05) is 0 Å². The molecule has 0 amide bonds. The van der Waals surface area contributed by atoms with Crippen LogP contribution in [0.4, 0.5) is 0 Å². The Kier molecular flexibility index (Phi) is 3.16. The summed E-state index contributed by atoms with van der Waals surface area (Å²) < 4.78 is 30.5. The molecule has 0 saturated heterocycles. The largest absolute Gasteiger partial charge is 0.294 e. The van der Waals surface area contributed by atoms with Crippen molar-refractivity contribution < 1.29 is 13.0 Å². The lowest BCUT2D eigenvalue weighted by Gasteiger charge is -2.02. The van der Waals surface area contributed by atoms with Gasteiger partial charge in [0.2, 0.25) is 0 Å². The Morgan fingerprint density at radius 1 is 1.00 bits per heavy atom. The highest BCUT2D eigenvalue weighted by Gasteiger charge is 2.08. The molecule has 6 heteroatoms. The fraction of sp³-hybridized carbons (Fsp3) is 0.0909. The first kappa shape index (κ1) is 11.7. The SMILES string of the molecule is O=S(=O)(O)c1ccc(Cc2ccnnc2)cc1. The molecule has 0 atom stereocenters. The first-order chi connectivity index (χ1) is 8.05. The Bertz CT molecular complexity index is 594. The predicted molar refractivity (Wildman–Crippen MR) is 61.1 cm³/mol. The second kappa shape index (κ2) is 4.60. The molecule has 2 aromatic rings. The summed E-state index contributed by atoms with van der Waals surface area (Å²) in [5.41, 5.74) is 1.92. The molecule has 0 bridgehead atoms. The maximum absolute atomic E-state index is 10.8. The van der Waals surface area contributed by atoms with E-state index in [9.17, 15) is 8.42 Å². The molecule has 0 spiro atoms. The van der Waals surface area contributed by atoms with Crippen LogP contribution >= 0.6 is 0 Å². The fourth-order valence-electron chi connectivity index (χ4n) is 1.44. The van der Waals surface area contributed by atoms with Crippen molar-refractivity contribution in [1.82, 2.24) is 10.2 Å². The molecule has 0 aliphatic carbocycles. The third-order valence-electron chi connectivity index (χ3n) is 2.27. The van der Waals surface area contributed by atoms with Gasteiger partial charge in [0.1, 0.15) is 0 Å². The first-order valence-electron chi connectivity index (χ1n) is 4.88. The van der Waals surface area contributed by atoms with Crippen LogP contribution < -0.4 is 0 Å². The molecule has 88 valence electrons. The van der Waals surface area contributed by atoms with Crippen LogP contribution in [0.1, 0.15) is 11.1 Å². The number of rotatable bonds is 3. The molecule has 0 aliphatic heterocycles. The molecule has 1 aromatic carbocycles. The van der Waals surface area contributed by atoms with Crippen LogP contribution in [-0.2, 0) is 16.5 Å². The molecule has 5 nitrogen and oxygen atoms in total. The number of aromatic nitrogens is 2. The van der Waals surface area contributed by atoms with Crippen molar-refractivity contribution in [3.8, 4) is 0 Å². The van der Waals surface area contributed by atoms with Gasteiger partial charge in [0, 0.05) is 6.20 Å². The maximum Gasteiger partial charge on any atom is 0.294 e. The summed E-state index contributed by atoms with van der Waals surface area (Å²) in [6, 6.07) is 7.90. The quantitative estimate of drug-likeness (QED) is 0.831. The van der Waals surface area contributed by atoms with E-state index in [4.69, 9.17) is 4.55 Å². The first-order valence-corrected chi connectivity index (χ1v) is 6.32. The lowest BCUT2D eigenvalue weighted by atomic mass is 10.1. The summed E-state index contributed by atoms with van der Waals surface area (Å²) in [5.74, 6) is 0. The van der Waals surface area contributed by atoms with E-state index < -0.39 is 10.1 Å². The zero-order valence-electron chi connectivity index (χ0n) is 8.81. The van der Waals surface area contributed by atoms with E-state index in [1.54, 1.807) is 24.5 Å². The summed E-state index contributed by atoms with van der Waals surface area (Å²) >= 11 is 0. The van der Waals surface area contributed by atoms with Crippen molar-refractivity contribution >= 4 is 10.1 Å². The van der Waals surface area contributed by atoms with Crippen LogP contribution in [0.3, 0.4) is 0 Å². The van der Waals surface area contributed by atoms with Gasteiger partial charge in [-0.3, -0.25) is 4.55 Å². The van der Waals surface area contributed by atoms with E-state index in [0.717, 1.165) is 11.1 Å². The average molecular weight is 250 g/mol. The summed E-state index contributed by atoms with van der Waals surface area (Å²) in [7, 11) is -4.11. The minimum atomic E-state index is -4.11. The Labute approximate surface area is 98.9 Å². The van der Waals surface area contributed by atoms with Crippen LogP contribution in [0, 0.1) is 0 Å². The second-order valence-electron chi connectivity index (χ2n) is 3.55. The minimum absolute atomic E-state index is 0.103. The van der Waals surface area contributed by atoms with E-state index >= 15 is 0 Å². The molecule has 0 radical (unpaired) electrons. The van der Waals surface area contributed by atoms with E-state index in [2.05, 4.69) is 10.2 Å². The van der Waals surface area contributed by atoms with Gasteiger partial charge < -0.3 is 0 Å². The number of nitrogens with zero attached hydrogens (tertiary/aromatic N) is 2. The van der Waals surface area contributed by atoms with Crippen molar-refractivity contribution in [2.45, 2.75) is 11.3 Å². The van der Waals surface area contributed by atoms with Gasteiger partial charge >= 0.3 is 0 Å². The lowest BCUT2D eigenvalue weighted by molar-refractivity contribution is 0.483. The molecule has 2 rings (SSSR count). The van der Waals surface area contributed by atoms with Crippen LogP contribution in [0.15, 0.2) is 47.6 Å². The molecule has 1 aromatic heterocycles. The average Bonchev–Trinajstić information content (AvgIpc) is 2.30. The molecule has 0 aliphatic rings. The van der Waals surface area contributed by atoms with Gasteiger partial charge in [-0.25, -0.2) is 0 Å². The number of hydrogen-bond donors (Lipinski definition) is 1. The van der Waals surface area contributed by atoms with Gasteiger partial charge in [-0.2, -0.15) is 18.6 Å². The molecule has 0 fully saturated rings. The Balaban J connectivity index is 2.20. The van der Waals surface area contributed by atoms with Gasteiger partial charge in [0.05, 0.1) is 11.1 Å². The Hall–Kier alpha value is -1.79. The lowest BCUT2D eigenvalue weighted by Crippen LogP contribution is -1.98. The standard InChI is InChI=1S/C11H10N2O3S/c14-17(15,16)11-3-1-9(2-4-11)7-10-5-6-12-13-8-10/h1-6,8H,7H2,(H,14,15,16). The summed E-state index contributed by atoms with van der Waals surface area (Å²) in [4.78, 5) is -0.103. The highest BCUT2D eigenvalue weighted by Crippen LogP contribution is 2.12. The third-order valence-corrected chi connectivity index (χ3v) is 3.14. The van der Waals surface area contributed by atoms with E-state index in [-0.39, 0.29) is 4.90 Å². The van der Waals surface area contributed by atoms with Crippen molar-refractivity contribution in [1.29, 1.82) is 0 Å². The Morgan fingerprint density at radius 2 is 1.71 bits per heavy atom. The van der Waals surface area contributed by atoms with E-state index in [1.165, 1.54) is 12.1 Å². The van der Waals surface area contributed by atoms with Gasteiger partial charge in [-0.05, 0) is 35.7 Å². The maximum atomic E-state index is 10.8. The smallest absolute Gasteiger partial charge is 0.282 e. The van der Waals surface area contributed by atoms with Crippen molar-refractivity contribution in [3.05, 3.63) is 53.9 Å². The van der Waals surface area contributed by atoms with Crippen LogP contribution in [0.2, 0.25) is 0 Å². The molecular weight excluding hydrogens is 240 g/mol. The fourth-order valence-corrected chi connectivity index (χ4v) is 1.92. The molecule has 1 N–H and O–H groups in total. The van der Waals surface area contributed by atoms with Crippen molar-refractivity contribution in [3.63, 3.8) is 0 Å². The highest BCUT2D eigenvalue weighted by atomic mass is 32.2. The Morgan fingerprint density at radius 3 is 2.24 bits per heavy atom. The molecule has 0 unspecified atom stereocenters. The second-order valence-corrected chi connectivity index (χ2v) is 4.97. The van der Waals surface area contributed by atoms with Gasteiger partial charge in [-0.1, -0.05) is 12.1 Å². The normalized spacial score (nSPS) is 11.4. The molecule has 17 heavy (non-hydrogen) atoms. The molecular formula is C11H10N2O3S.